The Labute approximate surface area is 129 Å². The predicted octanol–water partition coefficient (Wildman–Crippen LogP) is 2.03. The van der Waals surface area contributed by atoms with Gasteiger partial charge in [-0.2, -0.15) is 0 Å². The van der Waals surface area contributed by atoms with Gasteiger partial charge in [-0.25, -0.2) is 4.79 Å². The van der Waals surface area contributed by atoms with Gasteiger partial charge in [0.2, 0.25) is 0 Å². The molecule has 4 N–H and O–H groups in total. The van der Waals surface area contributed by atoms with Crippen molar-refractivity contribution in [2.45, 2.75) is 50.3 Å². The summed E-state index contributed by atoms with van der Waals surface area (Å²) < 4.78 is 5.19. The van der Waals surface area contributed by atoms with Gasteiger partial charge < -0.3 is 20.9 Å². The van der Waals surface area contributed by atoms with E-state index in [4.69, 9.17) is 15.6 Å². The number of carboxylic acid groups (broad SMARTS) is 1. The molecule has 0 heterocycles. The molecule has 1 aromatic carbocycles. The van der Waals surface area contributed by atoms with E-state index in [-0.39, 0.29) is 19.1 Å². The van der Waals surface area contributed by atoms with Crippen LogP contribution >= 0.6 is 0 Å². The number of rotatable bonds is 5. The monoisotopic (exact) mass is 306 g/mol. The first-order chi connectivity index (χ1) is 10.5. The van der Waals surface area contributed by atoms with Gasteiger partial charge in [0.25, 0.3) is 0 Å². The van der Waals surface area contributed by atoms with Crippen LogP contribution in [0.3, 0.4) is 0 Å². The molecule has 6 heteroatoms. The highest BCUT2D eigenvalue weighted by Crippen LogP contribution is 2.30. The standard InChI is InChI=1S/C16H22N2O4/c17-13-6-8-16(9-7-13,10-14(19)20)18-15(21)22-11-12-4-2-1-3-5-12/h1-5,13H,6-11,17H2,(H,18,21)(H,19,20). The Kier molecular flexibility index (Phi) is 5.38. The molecule has 1 aromatic rings. The number of aliphatic carboxylic acids is 1. The lowest BCUT2D eigenvalue weighted by Crippen LogP contribution is -2.53. The van der Waals surface area contributed by atoms with Crippen LogP contribution in [0.2, 0.25) is 0 Å². The molecule has 22 heavy (non-hydrogen) atoms. The Morgan fingerprint density at radius 2 is 1.91 bits per heavy atom. The number of hydrogen-bond acceptors (Lipinski definition) is 4. The molecule has 0 bridgehead atoms. The molecule has 1 fully saturated rings. The summed E-state index contributed by atoms with van der Waals surface area (Å²) in [6, 6.07) is 9.41. The molecule has 0 spiro atoms. The summed E-state index contributed by atoms with van der Waals surface area (Å²) in [5.74, 6) is -0.932. The summed E-state index contributed by atoms with van der Waals surface area (Å²) in [5.41, 5.74) is 5.99. The zero-order valence-electron chi connectivity index (χ0n) is 12.5. The van der Waals surface area contributed by atoms with Crippen molar-refractivity contribution in [3.8, 4) is 0 Å². The first-order valence-corrected chi connectivity index (χ1v) is 7.45. The van der Waals surface area contributed by atoms with Crippen molar-refractivity contribution in [2.24, 2.45) is 5.73 Å². The second-order valence-electron chi connectivity index (χ2n) is 5.88. The van der Waals surface area contributed by atoms with Gasteiger partial charge in [-0.3, -0.25) is 4.79 Å². The van der Waals surface area contributed by atoms with E-state index in [9.17, 15) is 9.59 Å². The lowest BCUT2D eigenvalue weighted by molar-refractivity contribution is -0.139. The van der Waals surface area contributed by atoms with Crippen LogP contribution in [0, 0.1) is 0 Å². The van der Waals surface area contributed by atoms with Crippen LogP contribution in [0.15, 0.2) is 30.3 Å². The van der Waals surface area contributed by atoms with Crippen LogP contribution in [-0.2, 0) is 16.1 Å². The summed E-state index contributed by atoms with van der Waals surface area (Å²) in [7, 11) is 0. The van der Waals surface area contributed by atoms with Crippen LogP contribution in [0.25, 0.3) is 0 Å². The Hall–Kier alpha value is -2.08. The summed E-state index contributed by atoms with van der Waals surface area (Å²) in [4.78, 5) is 23.1. The number of ether oxygens (including phenoxy) is 1. The number of amides is 1. The summed E-state index contributed by atoms with van der Waals surface area (Å²) in [6.07, 6.45) is 1.82. The normalized spacial score (nSPS) is 24.5. The molecule has 0 aromatic heterocycles. The minimum absolute atomic E-state index is 0.0732. The van der Waals surface area contributed by atoms with E-state index in [1.165, 1.54) is 0 Å². The van der Waals surface area contributed by atoms with E-state index in [2.05, 4.69) is 5.32 Å². The van der Waals surface area contributed by atoms with Crippen molar-refractivity contribution < 1.29 is 19.4 Å². The van der Waals surface area contributed by atoms with Crippen molar-refractivity contribution in [1.82, 2.24) is 5.32 Å². The lowest BCUT2D eigenvalue weighted by Gasteiger charge is -2.38. The maximum absolute atomic E-state index is 12.0. The molecule has 120 valence electrons. The third-order valence-corrected chi connectivity index (χ3v) is 4.06. The van der Waals surface area contributed by atoms with Gasteiger partial charge in [-0.1, -0.05) is 30.3 Å². The predicted molar refractivity (Wildman–Crippen MR) is 81.2 cm³/mol. The number of nitrogens with two attached hydrogens (primary N) is 1. The molecule has 1 saturated carbocycles. The topological polar surface area (TPSA) is 102 Å². The summed E-state index contributed by atoms with van der Waals surface area (Å²) in [6.45, 7) is 0.162. The highest BCUT2D eigenvalue weighted by molar-refractivity contribution is 5.72. The largest absolute Gasteiger partial charge is 0.481 e. The molecule has 0 radical (unpaired) electrons. The van der Waals surface area contributed by atoms with E-state index in [1.54, 1.807) is 0 Å². The van der Waals surface area contributed by atoms with Crippen LogP contribution in [-0.4, -0.2) is 28.7 Å². The van der Waals surface area contributed by atoms with Gasteiger partial charge in [0.1, 0.15) is 6.61 Å². The first-order valence-electron chi connectivity index (χ1n) is 7.45. The maximum Gasteiger partial charge on any atom is 0.407 e. The average Bonchev–Trinajstić information content (AvgIpc) is 2.49. The fourth-order valence-corrected chi connectivity index (χ4v) is 2.80. The van der Waals surface area contributed by atoms with Crippen molar-refractivity contribution in [2.75, 3.05) is 0 Å². The van der Waals surface area contributed by atoms with E-state index in [1.807, 2.05) is 30.3 Å². The summed E-state index contributed by atoms with van der Waals surface area (Å²) >= 11 is 0. The van der Waals surface area contributed by atoms with E-state index in [0.29, 0.717) is 25.7 Å². The Balaban J connectivity index is 1.92. The molecule has 1 aliphatic carbocycles. The molecular formula is C16H22N2O4. The third kappa shape index (κ3) is 4.73. The number of alkyl carbamates (subject to hydrolysis) is 1. The fraction of sp³-hybridized carbons (Fsp3) is 0.500. The van der Waals surface area contributed by atoms with Crippen molar-refractivity contribution in [1.29, 1.82) is 0 Å². The van der Waals surface area contributed by atoms with Gasteiger partial charge in [-0.05, 0) is 31.2 Å². The molecule has 0 unspecified atom stereocenters. The average molecular weight is 306 g/mol. The lowest BCUT2D eigenvalue weighted by atomic mass is 9.77. The van der Waals surface area contributed by atoms with Gasteiger partial charge in [-0.15, -0.1) is 0 Å². The molecule has 2 rings (SSSR count). The molecule has 1 aliphatic rings. The first kappa shape index (κ1) is 16.3. The minimum Gasteiger partial charge on any atom is -0.481 e. The van der Waals surface area contributed by atoms with E-state index >= 15 is 0 Å². The molecule has 1 amide bonds. The van der Waals surface area contributed by atoms with Crippen LogP contribution in [0.5, 0.6) is 0 Å². The van der Waals surface area contributed by atoms with Crippen molar-refractivity contribution in [3.05, 3.63) is 35.9 Å². The number of carbonyl (C=O) groups excluding carboxylic acids is 1. The zero-order valence-corrected chi connectivity index (χ0v) is 12.5. The van der Waals surface area contributed by atoms with Crippen LogP contribution in [0.1, 0.15) is 37.7 Å². The molecule has 6 nitrogen and oxygen atoms in total. The minimum atomic E-state index is -0.932. The number of nitrogens with one attached hydrogen (secondary N) is 1. The number of carbonyl (C=O) groups is 2. The van der Waals surface area contributed by atoms with Crippen molar-refractivity contribution >= 4 is 12.1 Å². The molecule has 0 atom stereocenters. The number of hydrogen-bond donors (Lipinski definition) is 3. The van der Waals surface area contributed by atoms with Crippen LogP contribution < -0.4 is 11.1 Å². The molecular weight excluding hydrogens is 284 g/mol. The van der Waals surface area contributed by atoms with Gasteiger partial charge >= 0.3 is 12.1 Å². The second-order valence-corrected chi connectivity index (χ2v) is 5.88. The van der Waals surface area contributed by atoms with E-state index < -0.39 is 17.6 Å². The Morgan fingerprint density at radius 3 is 2.50 bits per heavy atom. The third-order valence-electron chi connectivity index (χ3n) is 4.06. The van der Waals surface area contributed by atoms with Crippen LogP contribution in [0.4, 0.5) is 4.79 Å². The molecule has 0 saturated heterocycles. The second kappa shape index (κ2) is 7.26. The quantitative estimate of drug-likeness (QED) is 0.772. The van der Waals surface area contributed by atoms with Gasteiger partial charge in [0.15, 0.2) is 0 Å². The van der Waals surface area contributed by atoms with Crippen molar-refractivity contribution in [3.63, 3.8) is 0 Å². The van der Waals surface area contributed by atoms with E-state index in [0.717, 1.165) is 5.56 Å². The summed E-state index contributed by atoms with van der Waals surface area (Å²) in [5, 5.41) is 11.9. The number of benzene rings is 1. The Morgan fingerprint density at radius 1 is 1.27 bits per heavy atom. The number of carboxylic acids is 1. The smallest absolute Gasteiger partial charge is 0.407 e. The highest BCUT2D eigenvalue weighted by atomic mass is 16.5. The SMILES string of the molecule is NC1CCC(CC(=O)O)(NC(=O)OCc2ccccc2)CC1. The molecule has 0 aliphatic heterocycles. The highest BCUT2D eigenvalue weighted by Gasteiger charge is 2.38. The fourth-order valence-electron chi connectivity index (χ4n) is 2.80. The van der Waals surface area contributed by atoms with Gasteiger partial charge in [0.05, 0.1) is 12.0 Å². The maximum atomic E-state index is 12.0. The zero-order chi connectivity index (χ0) is 16.0. The van der Waals surface area contributed by atoms with Gasteiger partial charge in [0, 0.05) is 6.04 Å². The Bertz CT molecular complexity index is 510.